The summed E-state index contributed by atoms with van der Waals surface area (Å²) in [5.74, 6) is -5.25. The fraction of sp³-hybridized carbons (Fsp3) is 0.409. The van der Waals surface area contributed by atoms with E-state index in [2.05, 4.69) is 21.5 Å². The highest BCUT2D eigenvalue weighted by Gasteiger charge is 2.27. The number of hydrazine groups is 1. The van der Waals surface area contributed by atoms with Gasteiger partial charge >= 0.3 is 0 Å². The summed E-state index contributed by atoms with van der Waals surface area (Å²) in [6, 6.07) is 2.81. The lowest BCUT2D eigenvalue weighted by Gasteiger charge is -2.17. The van der Waals surface area contributed by atoms with E-state index in [0.29, 0.717) is 12.5 Å². The van der Waals surface area contributed by atoms with Gasteiger partial charge < -0.3 is 21.2 Å². The molecule has 2 amide bonds. The van der Waals surface area contributed by atoms with Gasteiger partial charge in [-0.2, -0.15) is 0 Å². The number of Topliss-reactive ketones (excluding diaryl/α,β-unsaturated/α-hetero) is 1. The lowest BCUT2D eigenvalue weighted by atomic mass is 10.1. The molecule has 1 rings (SSSR count). The third-order valence-corrected chi connectivity index (χ3v) is 4.42. The van der Waals surface area contributed by atoms with Crippen molar-refractivity contribution >= 4 is 17.6 Å². The van der Waals surface area contributed by atoms with E-state index in [1.54, 1.807) is 13.8 Å². The minimum Gasteiger partial charge on any atom is -0.503 e. The number of rotatable bonds is 12. The molecule has 0 heterocycles. The van der Waals surface area contributed by atoms with Crippen LogP contribution in [0.4, 0.5) is 8.78 Å². The maximum atomic E-state index is 13.8. The first kappa shape index (κ1) is 26.8. The van der Waals surface area contributed by atoms with Crippen LogP contribution in [0.15, 0.2) is 41.3 Å². The fourth-order valence-electron chi connectivity index (χ4n) is 2.44. The van der Waals surface area contributed by atoms with Gasteiger partial charge in [0.1, 0.15) is 11.6 Å². The van der Waals surface area contributed by atoms with E-state index in [0.717, 1.165) is 6.07 Å². The van der Waals surface area contributed by atoms with Crippen LogP contribution >= 0.6 is 0 Å². The normalized spacial score (nSPS) is 13.1. The number of amides is 2. The lowest BCUT2D eigenvalue weighted by molar-refractivity contribution is -0.123. The summed E-state index contributed by atoms with van der Waals surface area (Å²) in [6.45, 7) is 7.01. The summed E-state index contributed by atoms with van der Waals surface area (Å²) in [4.78, 5) is 37.8. The zero-order valence-corrected chi connectivity index (χ0v) is 18.6. The molecule has 10 heteroatoms. The molecule has 0 aliphatic heterocycles. The maximum Gasteiger partial charge on any atom is 0.272 e. The Morgan fingerprint density at radius 1 is 1.09 bits per heavy atom. The largest absolute Gasteiger partial charge is 0.503 e. The van der Waals surface area contributed by atoms with Crippen LogP contribution in [-0.2, 0) is 20.9 Å². The molecule has 1 aromatic carbocycles. The Morgan fingerprint density at radius 2 is 1.78 bits per heavy atom. The number of likely N-dealkylation sites (N-methyl/N-ethyl adjacent to an activating group) is 1. The second-order valence-electron chi connectivity index (χ2n) is 6.94. The first-order valence-electron chi connectivity index (χ1n) is 10.4. The molecular formula is C22H30F2N4O4. The smallest absolute Gasteiger partial charge is 0.272 e. The molecule has 0 radical (unpaired) electrons. The van der Waals surface area contributed by atoms with Gasteiger partial charge in [-0.15, -0.1) is 0 Å². The number of halogens is 2. The van der Waals surface area contributed by atoms with Crippen molar-refractivity contribution < 1.29 is 28.3 Å². The van der Waals surface area contributed by atoms with Crippen LogP contribution in [-0.4, -0.2) is 35.3 Å². The summed E-state index contributed by atoms with van der Waals surface area (Å²) >= 11 is 0. The predicted molar refractivity (Wildman–Crippen MR) is 116 cm³/mol. The number of aliphatic hydroxyl groups is 1. The standard InChI is InChI=1S/C22H30F2N4O4/c1-5-8-16(21(31)26-12-14-9-10-15(23)11-17(14)24)19(29)20(30)18(22(32)25-7-3)28-27-13(4)6-2/h8-11,13,27-28,30H,5-7,12H2,1-4H3,(H,25,32)(H,26,31)/b16-8+,20-18+. The minimum absolute atomic E-state index is 0.0187. The van der Waals surface area contributed by atoms with Crippen molar-refractivity contribution in [2.45, 2.75) is 53.1 Å². The molecule has 0 fully saturated rings. The fourth-order valence-corrected chi connectivity index (χ4v) is 2.44. The van der Waals surface area contributed by atoms with Crippen LogP contribution in [0.2, 0.25) is 0 Å². The molecule has 1 aromatic rings. The number of aliphatic hydroxyl groups excluding tert-OH is 1. The number of allylic oxidation sites excluding steroid dienone is 2. The number of ketones is 1. The van der Waals surface area contributed by atoms with Gasteiger partial charge in [0.2, 0.25) is 5.78 Å². The zero-order valence-electron chi connectivity index (χ0n) is 18.6. The van der Waals surface area contributed by atoms with Crippen molar-refractivity contribution in [1.29, 1.82) is 0 Å². The van der Waals surface area contributed by atoms with E-state index in [9.17, 15) is 28.3 Å². The Bertz CT molecular complexity index is 900. The summed E-state index contributed by atoms with van der Waals surface area (Å²) in [5, 5.41) is 15.4. The van der Waals surface area contributed by atoms with E-state index in [-0.39, 0.29) is 31.1 Å². The van der Waals surface area contributed by atoms with Gasteiger partial charge in [-0.3, -0.25) is 14.4 Å². The Morgan fingerprint density at radius 3 is 2.34 bits per heavy atom. The zero-order chi connectivity index (χ0) is 24.3. The Hall–Kier alpha value is -3.27. The number of carbonyl (C=O) groups is 3. The van der Waals surface area contributed by atoms with Crippen molar-refractivity contribution in [1.82, 2.24) is 21.5 Å². The average Bonchev–Trinajstić information content (AvgIpc) is 2.76. The molecule has 0 aliphatic carbocycles. The maximum absolute atomic E-state index is 13.8. The number of hydrogen-bond acceptors (Lipinski definition) is 6. The van der Waals surface area contributed by atoms with Crippen molar-refractivity contribution in [3.8, 4) is 0 Å². The first-order valence-corrected chi connectivity index (χ1v) is 10.4. The van der Waals surface area contributed by atoms with Crippen molar-refractivity contribution in [2.75, 3.05) is 6.54 Å². The Labute approximate surface area is 186 Å². The predicted octanol–water partition coefficient (Wildman–Crippen LogP) is 2.28. The lowest BCUT2D eigenvalue weighted by Crippen LogP contribution is -2.44. The molecule has 0 bridgehead atoms. The highest BCUT2D eigenvalue weighted by Crippen LogP contribution is 2.12. The monoisotopic (exact) mass is 452 g/mol. The third kappa shape index (κ3) is 7.77. The second kappa shape index (κ2) is 13.2. The van der Waals surface area contributed by atoms with E-state index in [1.807, 2.05) is 13.8 Å². The van der Waals surface area contributed by atoms with Crippen LogP contribution in [0.3, 0.4) is 0 Å². The van der Waals surface area contributed by atoms with E-state index in [1.165, 1.54) is 12.1 Å². The molecule has 5 N–H and O–H groups in total. The number of benzene rings is 1. The molecule has 1 atom stereocenters. The van der Waals surface area contributed by atoms with Crippen molar-refractivity contribution in [3.05, 3.63) is 58.5 Å². The second-order valence-corrected chi connectivity index (χ2v) is 6.94. The third-order valence-electron chi connectivity index (χ3n) is 4.42. The van der Waals surface area contributed by atoms with Crippen LogP contribution in [0.25, 0.3) is 0 Å². The quantitative estimate of drug-likeness (QED) is 0.109. The molecule has 0 spiro atoms. The van der Waals surface area contributed by atoms with Gasteiger partial charge in [-0.25, -0.2) is 14.2 Å². The average molecular weight is 453 g/mol. The number of hydrogen-bond donors (Lipinski definition) is 5. The van der Waals surface area contributed by atoms with Crippen LogP contribution in [0.5, 0.6) is 0 Å². The molecule has 176 valence electrons. The van der Waals surface area contributed by atoms with Gasteiger partial charge in [0.05, 0.1) is 5.57 Å². The molecule has 0 saturated carbocycles. The molecule has 0 saturated heterocycles. The molecule has 0 aromatic heterocycles. The molecular weight excluding hydrogens is 422 g/mol. The number of carbonyl (C=O) groups excluding carboxylic acids is 3. The van der Waals surface area contributed by atoms with Crippen molar-refractivity contribution in [3.63, 3.8) is 0 Å². The molecule has 32 heavy (non-hydrogen) atoms. The van der Waals surface area contributed by atoms with Gasteiger partial charge in [0.15, 0.2) is 11.5 Å². The van der Waals surface area contributed by atoms with Crippen LogP contribution < -0.4 is 21.5 Å². The minimum atomic E-state index is -1.08. The van der Waals surface area contributed by atoms with E-state index in [4.69, 9.17) is 0 Å². The summed E-state index contributed by atoms with van der Waals surface area (Å²) in [7, 11) is 0. The van der Waals surface area contributed by atoms with Crippen LogP contribution in [0, 0.1) is 11.6 Å². The van der Waals surface area contributed by atoms with E-state index < -0.39 is 46.3 Å². The van der Waals surface area contributed by atoms with Crippen molar-refractivity contribution in [2.24, 2.45) is 0 Å². The Balaban J connectivity index is 3.13. The first-order chi connectivity index (χ1) is 15.2. The van der Waals surface area contributed by atoms with Gasteiger partial charge in [-0.1, -0.05) is 26.0 Å². The summed E-state index contributed by atoms with van der Waals surface area (Å²) in [6.07, 6.45) is 2.27. The van der Waals surface area contributed by atoms with Gasteiger partial charge in [0.25, 0.3) is 11.8 Å². The summed E-state index contributed by atoms with van der Waals surface area (Å²) < 4.78 is 26.8. The highest BCUT2D eigenvalue weighted by molar-refractivity contribution is 6.25. The molecule has 1 unspecified atom stereocenters. The highest BCUT2D eigenvalue weighted by atomic mass is 19.1. The topological polar surface area (TPSA) is 120 Å². The Kier molecular flexibility index (Phi) is 11.0. The summed E-state index contributed by atoms with van der Waals surface area (Å²) in [5.41, 5.74) is 4.50. The molecule has 0 aliphatic rings. The molecule has 8 nitrogen and oxygen atoms in total. The van der Waals surface area contributed by atoms with Gasteiger partial charge in [0, 0.05) is 30.8 Å². The number of nitrogens with one attached hydrogen (secondary N) is 4. The van der Waals surface area contributed by atoms with E-state index >= 15 is 0 Å². The van der Waals surface area contributed by atoms with Gasteiger partial charge in [-0.05, 0) is 32.8 Å². The van der Waals surface area contributed by atoms with Crippen LogP contribution in [0.1, 0.15) is 46.1 Å². The SMILES string of the molecule is CC/C=C(/C(=O)NCc1ccc(F)cc1F)C(=O)/C(O)=C(\NNC(C)CC)C(=O)NCC.